The molecule has 0 bridgehead atoms. The van der Waals surface area contributed by atoms with Gasteiger partial charge in [-0.05, 0) is 37.6 Å². The quantitative estimate of drug-likeness (QED) is 0.544. The molecule has 1 amide bonds. The van der Waals surface area contributed by atoms with Crippen LogP contribution in [0.25, 0.3) is 0 Å². The lowest BCUT2D eigenvalue weighted by molar-refractivity contribution is -0.116. The summed E-state index contributed by atoms with van der Waals surface area (Å²) in [7, 11) is 0. The van der Waals surface area contributed by atoms with Gasteiger partial charge in [-0.3, -0.25) is 4.79 Å². The summed E-state index contributed by atoms with van der Waals surface area (Å²) < 4.78 is 5.00. The van der Waals surface area contributed by atoms with E-state index in [0.29, 0.717) is 30.8 Å². The lowest BCUT2D eigenvalue weighted by atomic mass is 10.1. The first-order valence-corrected chi connectivity index (χ1v) is 8.51. The lowest BCUT2D eigenvalue weighted by Crippen LogP contribution is -2.24. The minimum absolute atomic E-state index is 0.135. The number of para-hydroxylation sites is 1. The highest BCUT2D eigenvalue weighted by Gasteiger charge is 2.13. The summed E-state index contributed by atoms with van der Waals surface area (Å²) in [4.78, 5) is 24.0. The molecule has 0 heterocycles. The summed E-state index contributed by atoms with van der Waals surface area (Å²) in [6.45, 7) is 3.45. The summed E-state index contributed by atoms with van der Waals surface area (Å²) >= 11 is 0. The normalized spacial score (nSPS) is 10.3. The molecule has 0 atom stereocenters. The van der Waals surface area contributed by atoms with Crippen LogP contribution in [0.2, 0.25) is 0 Å². The number of ether oxygens (including phenoxy) is 1. The van der Waals surface area contributed by atoms with Crippen molar-refractivity contribution in [1.29, 1.82) is 0 Å². The van der Waals surface area contributed by atoms with Crippen molar-refractivity contribution < 1.29 is 14.3 Å². The Morgan fingerprint density at radius 2 is 1.68 bits per heavy atom. The number of rotatable bonds is 9. The molecule has 2 N–H and O–H groups in total. The third-order valence-electron chi connectivity index (χ3n) is 3.66. The average molecular weight is 340 g/mol. The first kappa shape index (κ1) is 18.7. The fourth-order valence-electron chi connectivity index (χ4n) is 2.40. The van der Waals surface area contributed by atoms with E-state index in [0.717, 1.165) is 13.0 Å². The number of carbonyl (C=O) groups excluding carboxylic acids is 2. The van der Waals surface area contributed by atoms with Crippen molar-refractivity contribution in [3.63, 3.8) is 0 Å². The molecule has 2 aromatic rings. The minimum Gasteiger partial charge on any atom is -0.462 e. The molecular weight excluding hydrogens is 316 g/mol. The van der Waals surface area contributed by atoms with Crippen LogP contribution < -0.4 is 10.6 Å². The fraction of sp³-hybridized carbons (Fsp3) is 0.300. The Hall–Kier alpha value is -2.66. The van der Waals surface area contributed by atoms with Crippen LogP contribution in [0.5, 0.6) is 0 Å². The lowest BCUT2D eigenvalue weighted by Gasteiger charge is -2.10. The van der Waals surface area contributed by atoms with Crippen molar-refractivity contribution in [2.45, 2.75) is 19.8 Å². The van der Waals surface area contributed by atoms with Crippen LogP contribution in [0.15, 0.2) is 54.6 Å². The van der Waals surface area contributed by atoms with E-state index in [2.05, 4.69) is 22.8 Å². The van der Waals surface area contributed by atoms with Crippen molar-refractivity contribution >= 4 is 17.6 Å². The Morgan fingerprint density at radius 1 is 0.960 bits per heavy atom. The first-order chi connectivity index (χ1) is 12.2. The van der Waals surface area contributed by atoms with E-state index in [1.807, 2.05) is 18.2 Å². The fourth-order valence-corrected chi connectivity index (χ4v) is 2.40. The number of carbonyl (C=O) groups is 2. The van der Waals surface area contributed by atoms with Crippen LogP contribution in [0.3, 0.4) is 0 Å². The zero-order valence-electron chi connectivity index (χ0n) is 14.5. The van der Waals surface area contributed by atoms with E-state index in [-0.39, 0.29) is 5.91 Å². The van der Waals surface area contributed by atoms with Gasteiger partial charge < -0.3 is 15.4 Å². The van der Waals surface area contributed by atoms with Crippen LogP contribution >= 0.6 is 0 Å². The Kier molecular flexibility index (Phi) is 7.66. The second-order valence-corrected chi connectivity index (χ2v) is 5.55. The Bertz CT molecular complexity index is 686. The van der Waals surface area contributed by atoms with Gasteiger partial charge in [0.25, 0.3) is 0 Å². The van der Waals surface area contributed by atoms with Crippen molar-refractivity contribution in [2.24, 2.45) is 0 Å². The molecule has 0 radical (unpaired) electrons. The molecule has 0 fully saturated rings. The highest BCUT2D eigenvalue weighted by atomic mass is 16.5. The SMILES string of the molecule is CCOC(=O)c1ccccc1NC(=O)CCNCCc1ccccc1. The number of nitrogens with one attached hydrogen (secondary N) is 2. The molecule has 0 saturated heterocycles. The van der Waals surface area contributed by atoms with Crippen LogP contribution in [-0.2, 0) is 16.0 Å². The molecule has 5 nitrogen and oxygen atoms in total. The molecule has 2 rings (SSSR count). The summed E-state index contributed by atoms with van der Waals surface area (Å²) in [5.74, 6) is -0.566. The number of benzene rings is 2. The standard InChI is InChI=1S/C20H24N2O3/c1-2-25-20(24)17-10-6-7-11-18(17)22-19(23)13-15-21-14-12-16-8-4-3-5-9-16/h3-11,21H,2,12-15H2,1H3,(H,22,23). The van der Waals surface area contributed by atoms with E-state index in [4.69, 9.17) is 4.74 Å². The van der Waals surface area contributed by atoms with Gasteiger partial charge in [0.2, 0.25) is 5.91 Å². The first-order valence-electron chi connectivity index (χ1n) is 8.51. The van der Waals surface area contributed by atoms with E-state index in [1.165, 1.54) is 5.56 Å². The molecule has 5 heteroatoms. The van der Waals surface area contributed by atoms with Crippen LogP contribution in [0.1, 0.15) is 29.3 Å². The van der Waals surface area contributed by atoms with Gasteiger partial charge in [0, 0.05) is 13.0 Å². The molecule has 0 spiro atoms. The van der Waals surface area contributed by atoms with Crippen molar-refractivity contribution in [1.82, 2.24) is 5.32 Å². The Morgan fingerprint density at radius 3 is 2.44 bits per heavy atom. The second-order valence-electron chi connectivity index (χ2n) is 5.55. The van der Waals surface area contributed by atoms with Crippen LogP contribution in [-0.4, -0.2) is 31.6 Å². The highest BCUT2D eigenvalue weighted by Crippen LogP contribution is 2.16. The van der Waals surface area contributed by atoms with Crippen molar-refractivity contribution in [3.8, 4) is 0 Å². The maximum absolute atomic E-state index is 12.1. The average Bonchev–Trinajstić information content (AvgIpc) is 2.63. The smallest absolute Gasteiger partial charge is 0.340 e. The largest absolute Gasteiger partial charge is 0.462 e. The van der Waals surface area contributed by atoms with E-state index < -0.39 is 5.97 Å². The minimum atomic E-state index is -0.431. The molecule has 0 aliphatic rings. The molecule has 0 unspecified atom stereocenters. The Labute approximate surface area is 148 Å². The monoisotopic (exact) mass is 340 g/mol. The zero-order chi connectivity index (χ0) is 17.9. The van der Waals surface area contributed by atoms with E-state index in [1.54, 1.807) is 31.2 Å². The number of amides is 1. The second kappa shape index (κ2) is 10.3. The highest BCUT2D eigenvalue weighted by molar-refractivity contribution is 6.01. The number of anilines is 1. The molecular formula is C20H24N2O3. The third-order valence-corrected chi connectivity index (χ3v) is 3.66. The predicted octanol–water partition coefficient (Wildman–Crippen LogP) is 3.02. The topological polar surface area (TPSA) is 67.4 Å². The van der Waals surface area contributed by atoms with Gasteiger partial charge in [-0.1, -0.05) is 42.5 Å². The summed E-state index contributed by atoms with van der Waals surface area (Å²) in [6.07, 6.45) is 1.26. The van der Waals surface area contributed by atoms with E-state index in [9.17, 15) is 9.59 Å². The summed E-state index contributed by atoms with van der Waals surface area (Å²) in [5.41, 5.74) is 2.12. The van der Waals surface area contributed by atoms with Gasteiger partial charge in [0.1, 0.15) is 0 Å². The van der Waals surface area contributed by atoms with E-state index >= 15 is 0 Å². The molecule has 25 heavy (non-hydrogen) atoms. The summed E-state index contributed by atoms with van der Waals surface area (Å²) in [5, 5.41) is 6.03. The Balaban J connectivity index is 1.74. The zero-order valence-corrected chi connectivity index (χ0v) is 14.5. The van der Waals surface area contributed by atoms with Gasteiger partial charge in [0.05, 0.1) is 17.9 Å². The predicted molar refractivity (Wildman–Crippen MR) is 98.7 cm³/mol. The number of esters is 1. The van der Waals surface area contributed by atoms with Gasteiger partial charge in [-0.2, -0.15) is 0 Å². The van der Waals surface area contributed by atoms with Crippen molar-refractivity contribution in [2.75, 3.05) is 25.0 Å². The maximum atomic E-state index is 12.1. The number of hydrogen-bond donors (Lipinski definition) is 2. The maximum Gasteiger partial charge on any atom is 0.340 e. The summed E-state index contributed by atoms with van der Waals surface area (Å²) in [6, 6.07) is 17.1. The van der Waals surface area contributed by atoms with Crippen molar-refractivity contribution in [3.05, 3.63) is 65.7 Å². The molecule has 0 aromatic heterocycles. The molecule has 2 aromatic carbocycles. The molecule has 0 aliphatic heterocycles. The van der Waals surface area contributed by atoms with Gasteiger partial charge in [0.15, 0.2) is 0 Å². The van der Waals surface area contributed by atoms with Gasteiger partial charge in [-0.25, -0.2) is 4.79 Å². The number of hydrogen-bond acceptors (Lipinski definition) is 4. The van der Waals surface area contributed by atoms with Gasteiger partial charge in [-0.15, -0.1) is 0 Å². The van der Waals surface area contributed by atoms with Crippen LogP contribution in [0.4, 0.5) is 5.69 Å². The van der Waals surface area contributed by atoms with Gasteiger partial charge >= 0.3 is 5.97 Å². The molecule has 0 saturated carbocycles. The molecule has 0 aliphatic carbocycles. The van der Waals surface area contributed by atoms with Crippen LogP contribution in [0, 0.1) is 0 Å². The molecule has 132 valence electrons. The third kappa shape index (κ3) is 6.39.